The molecule has 6 heteroatoms. The first-order valence-corrected chi connectivity index (χ1v) is 7.73. The number of carbonyl (C=O) groups is 1. The highest BCUT2D eigenvalue weighted by Gasteiger charge is 2.52. The van der Waals surface area contributed by atoms with Crippen molar-refractivity contribution in [2.45, 2.75) is 12.0 Å². The average molecular weight is 320 g/mol. The molecule has 3 heterocycles. The van der Waals surface area contributed by atoms with E-state index in [1.807, 2.05) is 29.2 Å². The Bertz CT molecular complexity index is 890. The van der Waals surface area contributed by atoms with Crippen molar-refractivity contribution in [2.75, 3.05) is 18.5 Å². The van der Waals surface area contributed by atoms with E-state index in [1.54, 1.807) is 31.7 Å². The minimum atomic E-state index is -1.57. The first-order chi connectivity index (χ1) is 11.6. The van der Waals surface area contributed by atoms with Crippen molar-refractivity contribution in [3.05, 3.63) is 53.9 Å². The maximum absolute atomic E-state index is 12.8. The van der Waals surface area contributed by atoms with E-state index >= 15 is 0 Å². The van der Waals surface area contributed by atoms with Crippen molar-refractivity contribution >= 4 is 29.2 Å². The largest absolute Gasteiger partial charge is 0.374 e. The number of ketones is 1. The fourth-order valence-corrected chi connectivity index (χ4v) is 3.26. The molecule has 1 atom stereocenters. The van der Waals surface area contributed by atoms with Crippen LogP contribution < -0.4 is 4.90 Å². The number of hydrogen-bond acceptors (Lipinski definition) is 6. The van der Waals surface area contributed by atoms with Crippen LogP contribution >= 0.6 is 0 Å². The Morgan fingerprint density at radius 3 is 3.08 bits per heavy atom. The lowest BCUT2D eigenvalue weighted by Gasteiger charge is -2.29. The number of benzene rings is 1. The van der Waals surface area contributed by atoms with E-state index in [2.05, 4.69) is 15.0 Å². The molecule has 6 nitrogen and oxygen atoms in total. The van der Waals surface area contributed by atoms with Gasteiger partial charge in [-0.1, -0.05) is 12.1 Å². The quantitative estimate of drug-likeness (QED) is 0.859. The molecule has 0 aliphatic carbocycles. The molecular weight excluding hydrogens is 304 g/mol. The second kappa shape index (κ2) is 5.35. The number of amidine groups is 1. The van der Waals surface area contributed by atoms with E-state index < -0.39 is 5.60 Å². The minimum absolute atomic E-state index is 0.307. The summed E-state index contributed by atoms with van der Waals surface area (Å²) in [6.07, 6.45) is 5.18. The zero-order chi connectivity index (χ0) is 16.7. The minimum Gasteiger partial charge on any atom is -0.374 e. The number of fused-ring (bicyclic) bond motifs is 2. The van der Waals surface area contributed by atoms with Crippen molar-refractivity contribution in [1.82, 2.24) is 4.98 Å². The van der Waals surface area contributed by atoms with E-state index in [4.69, 9.17) is 0 Å². The Balaban J connectivity index is 1.82. The molecule has 2 aromatic rings. The van der Waals surface area contributed by atoms with Gasteiger partial charge >= 0.3 is 0 Å². The summed E-state index contributed by atoms with van der Waals surface area (Å²) in [4.78, 5) is 27.2. The van der Waals surface area contributed by atoms with E-state index in [-0.39, 0.29) is 5.78 Å². The number of pyridine rings is 1. The standard InChI is InChI=1S/C18H16N4O2/c1-19-10-12-3-2-4-13(9-12)22-8-6-18(24)16(23)14-5-7-20-11-15(14)21-17(18)22/h2-5,7,9-11,24H,6,8H2,1H3. The average Bonchev–Trinajstić information content (AvgIpc) is 2.94. The highest BCUT2D eigenvalue weighted by Crippen LogP contribution is 2.38. The second-order valence-electron chi connectivity index (χ2n) is 5.90. The lowest BCUT2D eigenvalue weighted by atomic mass is 9.88. The Hall–Kier alpha value is -2.86. The van der Waals surface area contributed by atoms with Crippen molar-refractivity contribution < 1.29 is 9.90 Å². The highest BCUT2D eigenvalue weighted by atomic mass is 16.3. The number of aliphatic hydroxyl groups is 1. The van der Waals surface area contributed by atoms with Gasteiger partial charge in [-0.25, -0.2) is 4.99 Å². The molecule has 1 aromatic carbocycles. The van der Waals surface area contributed by atoms with Gasteiger partial charge < -0.3 is 10.0 Å². The van der Waals surface area contributed by atoms with Crippen LogP contribution in [0.25, 0.3) is 0 Å². The number of nitrogens with zero attached hydrogens (tertiary/aromatic N) is 4. The topological polar surface area (TPSA) is 78.1 Å². The maximum Gasteiger partial charge on any atom is 0.204 e. The summed E-state index contributed by atoms with van der Waals surface area (Å²) in [5, 5.41) is 11.0. The first-order valence-electron chi connectivity index (χ1n) is 7.73. The molecule has 4 rings (SSSR count). The van der Waals surface area contributed by atoms with Crippen molar-refractivity contribution in [2.24, 2.45) is 9.98 Å². The third kappa shape index (κ3) is 2.07. The summed E-state index contributed by atoms with van der Waals surface area (Å²) in [7, 11) is 1.72. The first kappa shape index (κ1) is 14.7. The van der Waals surface area contributed by atoms with E-state index in [1.165, 1.54) is 0 Å². The van der Waals surface area contributed by atoms with E-state index in [0.717, 1.165) is 11.3 Å². The molecule has 1 saturated heterocycles. The van der Waals surface area contributed by atoms with Gasteiger partial charge in [-0.15, -0.1) is 0 Å². The van der Waals surface area contributed by atoms with Crippen molar-refractivity contribution in [1.29, 1.82) is 0 Å². The van der Waals surface area contributed by atoms with Crippen molar-refractivity contribution in [3.8, 4) is 0 Å². The normalized spacial score (nSPS) is 22.5. The number of Topliss-reactive ketones (excluding diaryl/α,β-unsaturated/α-hetero) is 1. The summed E-state index contributed by atoms with van der Waals surface area (Å²) in [6, 6.07) is 9.38. The molecule has 1 fully saturated rings. The zero-order valence-electron chi connectivity index (χ0n) is 13.2. The molecule has 120 valence electrons. The molecule has 0 spiro atoms. The molecule has 2 aliphatic rings. The Kier molecular flexibility index (Phi) is 3.28. The fraction of sp³-hybridized carbons (Fsp3) is 0.222. The molecule has 1 unspecified atom stereocenters. The predicted molar refractivity (Wildman–Crippen MR) is 92.5 cm³/mol. The number of aliphatic imine (C=N–C) groups is 2. The van der Waals surface area contributed by atoms with Gasteiger partial charge in [0, 0.05) is 38.1 Å². The molecular formula is C18H16N4O2. The van der Waals surface area contributed by atoms with Crippen LogP contribution in [0.1, 0.15) is 22.3 Å². The molecule has 1 aromatic heterocycles. The molecule has 0 bridgehead atoms. The summed E-state index contributed by atoms with van der Waals surface area (Å²) in [5.74, 6) is 0.0669. The van der Waals surface area contributed by atoms with Gasteiger partial charge in [0.05, 0.1) is 17.4 Å². The Morgan fingerprint density at radius 1 is 1.38 bits per heavy atom. The molecule has 24 heavy (non-hydrogen) atoms. The van der Waals surface area contributed by atoms with E-state index in [9.17, 15) is 9.90 Å². The maximum atomic E-state index is 12.8. The van der Waals surface area contributed by atoms with Crippen LogP contribution in [-0.4, -0.2) is 47.1 Å². The van der Waals surface area contributed by atoms with Crippen LogP contribution in [-0.2, 0) is 0 Å². The van der Waals surface area contributed by atoms with Crippen LogP contribution in [0.3, 0.4) is 0 Å². The number of aromatic nitrogens is 1. The number of hydrogen-bond donors (Lipinski definition) is 1. The monoisotopic (exact) mass is 320 g/mol. The van der Waals surface area contributed by atoms with Crippen LogP contribution in [0, 0.1) is 0 Å². The molecule has 2 aliphatic heterocycles. The Labute approximate surface area is 139 Å². The summed E-state index contributed by atoms with van der Waals surface area (Å²) >= 11 is 0. The third-order valence-corrected chi connectivity index (χ3v) is 4.43. The van der Waals surface area contributed by atoms with Gasteiger partial charge in [0.2, 0.25) is 5.78 Å². The predicted octanol–water partition coefficient (Wildman–Crippen LogP) is 2.00. The van der Waals surface area contributed by atoms with Crippen molar-refractivity contribution in [3.63, 3.8) is 0 Å². The fourth-order valence-electron chi connectivity index (χ4n) is 3.26. The Morgan fingerprint density at radius 2 is 2.25 bits per heavy atom. The zero-order valence-corrected chi connectivity index (χ0v) is 13.2. The molecule has 1 N–H and O–H groups in total. The third-order valence-electron chi connectivity index (χ3n) is 4.43. The second-order valence-corrected chi connectivity index (χ2v) is 5.90. The SMILES string of the molecule is CN=Cc1cccc(N2CCC3(O)C(=O)c4ccncc4N=C23)c1. The molecule has 0 amide bonds. The number of rotatable bonds is 2. The lowest BCUT2D eigenvalue weighted by Crippen LogP contribution is -2.48. The van der Waals surface area contributed by atoms with Crippen LogP contribution in [0.15, 0.2) is 52.7 Å². The number of anilines is 1. The van der Waals surface area contributed by atoms with Gasteiger partial charge in [0.15, 0.2) is 5.60 Å². The summed E-state index contributed by atoms with van der Waals surface area (Å²) < 4.78 is 0. The van der Waals surface area contributed by atoms with Crippen LogP contribution in [0.2, 0.25) is 0 Å². The van der Waals surface area contributed by atoms with Gasteiger partial charge in [-0.2, -0.15) is 0 Å². The van der Waals surface area contributed by atoms with E-state index in [0.29, 0.717) is 30.1 Å². The van der Waals surface area contributed by atoms with Gasteiger partial charge in [-0.3, -0.25) is 14.8 Å². The lowest BCUT2D eigenvalue weighted by molar-refractivity contribution is 0.0602. The summed E-state index contributed by atoms with van der Waals surface area (Å²) in [5.41, 5.74) is 1.19. The molecule has 0 radical (unpaired) electrons. The van der Waals surface area contributed by atoms with Crippen LogP contribution in [0.5, 0.6) is 0 Å². The van der Waals surface area contributed by atoms with Crippen LogP contribution in [0.4, 0.5) is 11.4 Å². The molecule has 0 saturated carbocycles. The van der Waals surface area contributed by atoms with Gasteiger partial charge in [0.25, 0.3) is 0 Å². The summed E-state index contributed by atoms with van der Waals surface area (Å²) in [6.45, 7) is 0.523. The van der Waals surface area contributed by atoms with Gasteiger partial charge in [0.1, 0.15) is 5.84 Å². The highest BCUT2D eigenvalue weighted by molar-refractivity contribution is 6.28. The van der Waals surface area contributed by atoms with Gasteiger partial charge in [-0.05, 0) is 23.8 Å². The smallest absolute Gasteiger partial charge is 0.204 e. The number of carbonyl (C=O) groups excluding carboxylic acids is 1.